The Morgan fingerprint density at radius 2 is 1.86 bits per heavy atom. The molecule has 3 aliphatic rings. The zero-order valence-corrected chi connectivity index (χ0v) is 21.5. The predicted octanol–water partition coefficient (Wildman–Crippen LogP) is 2.78. The molecule has 3 fully saturated rings. The van der Waals surface area contributed by atoms with Gasteiger partial charge in [-0.2, -0.15) is 0 Å². The molecule has 0 aliphatic carbocycles. The Morgan fingerprint density at radius 1 is 1.16 bits per heavy atom. The van der Waals surface area contributed by atoms with Gasteiger partial charge >= 0.3 is 5.97 Å². The number of hydrogen-bond donors (Lipinski definition) is 2. The fourth-order valence-electron chi connectivity index (χ4n) is 6.63. The van der Waals surface area contributed by atoms with Gasteiger partial charge in [-0.1, -0.05) is 48.5 Å². The molecule has 3 aliphatic heterocycles. The molecule has 2 amide bonds. The van der Waals surface area contributed by atoms with Crippen LogP contribution in [0.25, 0.3) is 0 Å². The van der Waals surface area contributed by atoms with Gasteiger partial charge in [0.05, 0.1) is 37.2 Å². The lowest BCUT2D eigenvalue weighted by molar-refractivity contribution is -0.155. The van der Waals surface area contributed by atoms with Gasteiger partial charge in [0, 0.05) is 5.69 Å². The number of aryl methyl sites for hydroxylation is 2. The second-order valence-corrected chi connectivity index (χ2v) is 10.3. The number of nitrogens with zero attached hydrogens (tertiary/aromatic N) is 1. The largest absolute Gasteiger partial charge is 0.466 e. The number of anilines is 1. The molecule has 3 saturated heterocycles. The smallest absolute Gasteiger partial charge is 0.312 e. The van der Waals surface area contributed by atoms with E-state index in [2.05, 4.69) is 5.32 Å². The first-order chi connectivity index (χ1) is 17.8. The Balaban J connectivity index is 1.56. The molecule has 8 nitrogen and oxygen atoms in total. The molecule has 3 heterocycles. The Bertz CT molecular complexity index is 1180. The van der Waals surface area contributed by atoms with Crippen LogP contribution >= 0.6 is 0 Å². The number of esters is 1. The SMILES string of the molecule is CCOC(=O)[C@@H]1[C@H]2C(=O)N([C@@H](CO)Cc3ccccc3)[C@H](C(=O)Nc3c(C)cccc3C)[C@]23CC[C@H]1O3. The molecule has 2 bridgehead atoms. The van der Waals surface area contributed by atoms with Crippen molar-refractivity contribution in [1.29, 1.82) is 0 Å². The fraction of sp³-hybridized carbons (Fsp3) is 0.483. The van der Waals surface area contributed by atoms with Crippen LogP contribution in [0.1, 0.15) is 36.5 Å². The fourth-order valence-corrected chi connectivity index (χ4v) is 6.63. The van der Waals surface area contributed by atoms with Gasteiger partial charge in [-0.25, -0.2) is 0 Å². The minimum atomic E-state index is -1.15. The van der Waals surface area contributed by atoms with E-state index in [1.807, 2.05) is 62.4 Å². The van der Waals surface area contributed by atoms with E-state index in [1.165, 1.54) is 4.90 Å². The van der Waals surface area contributed by atoms with Crippen molar-refractivity contribution in [2.75, 3.05) is 18.5 Å². The van der Waals surface area contributed by atoms with Gasteiger partial charge < -0.3 is 24.8 Å². The number of para-hydroxylation sites is 1. The molecule has 0 aromatic heterocycles. The first-order valence-corrected chi connectivity index (χ1v) is 13.0. The molecule has 0 saturated carbocycles. The van der Waals surface area contributed by atoms with Crippen LogP contribution in [0, 0.1) is 25.7 Å². The number of likely N-dealkylation sites (tertiary alicyclic amines) is 1. The summed E-state index contributed by atoms with van der Waals surface area (Å²) < 4.78 is 11.8. The Morgan fingerprint density at radius 3 is 2.51 bits per heavy atom. The van der Waals surface area contributed by atoms with E-state index in [0.29, 0.717) is 24.9 Å². The molecule has 0 unspecified atom stereocenters. The van der Waals surface area contributed by atoms with E-state index in [-0.39, 0.29) is 25.0 Å². The van der Waals surface area contributed by atoms with Gasteiger partial charge in [0.1, 0.15) is 11.6 Å². The van der Waals surface area contributed by atoms with E-state index >= 15 is 0 Å². The van der Waals surface area contributed by atoms with E-state index in [1.54, 1.807) is 6.92 Å². The zero-order chi connectivity index (χ0) is 26.3. The summed E-state index contributed by atoms with van der Waals surface area (Å²) in [4.78, 5) is 42.7. The summed E-state index contributed by atoms with van der Waals surface area (Å²) >= 11 is 0. The van der Waals surface area contributed by atoms with Gasteiger partial charge in [0.2, 0.25) is 11.8 Å². The number of ether oxygens (including phenoxy) is 2. The van der Waals surface area contributed by atoms with Crippen LogP contribution in [0.2, 0.25) is 0 Å². The minimum Gasteiger partial charge on any atom is -0.466 e. The number of aliphatic hydroxyl groups excluding tert-OH is 1. The maximum Gasteiger partial charge on any atom is 0.312 e. The van der Waals surface area contributed by atoms with Crippen LogP contribution in [-0.4, -0.2) is 64.8 Å². The lowest BCUT2D eigenvalue weighted by atomic mass is 9.70. The number of carbonyl (C=O) groups is 3. The summed E-state index contributed by atoms with van der Waals surface area (Å²) in [6.45, 7) is 5.43. The molecular formula is C29H34N2O6. The molecular weight excluding hydrogens is 472 g/mol. The van der Waals surface area contributed by atoms with Crippen molar-refractivity contribution >= 4 is 23.5 Å². The van der Waals surface area contributed by atoms with Crippen molar-refractivity contribution in [3.63, 3.8) is 0 Å². The Hall–Kier alpha value is -3.23. The number of hydrogen-bond acceptors (Lipinski definition) is 6. The van der Waals surface area contributed by atoms with Crippen molar-refractivity contribution in [1.82, 2.24) is 4.90 Å². The highest BCUT2D eigenvalue weighted by molar-refractivity contribution is 6.04. The molecule has 6 atom stereocenters. The summed E-state index contributed by atoms with van der Waals surface area (Å²) in [7, 11) is 0. The monoisotopic (exact) mass is 506 g/mol. The molecule has 2 N–H and O–H groups in total. The molecule has 5 rings (SSSR count). The van der Waals surface area contributed by atoms with Crippen LogP contribution in [-0.2, 0) is 30.3 Å². The van der Waals surface area contributed by atoms with Gasteiger partial charge in [-0.15, -0.1) is 0 Å². The average molecular weight is 507 g/mol. The number of aliphatic hydroxyl groups is 1. The van der Waals surface area contributed by atoms with Crippen molar-refractivity contribution in [3.05, 3.63) is 65.2 Å². The highest BCUT2D eigenvalue weighted by Crippen LogP contribution is 2.59. The van der Waals surface area contributed by atoms with Gasteiger partial charge in [0.25, 0.3) is 0 Å². The maximum absolute atomic E-state index is 14.1. The van der Waals surface area contributed by atoms with Crippen molar-refractivity contribution in [3.8, 4) is 0 Å². The third-order valence-electron chi connectivity index (χ3n) is 8.19. The summed E-state index contributed by atoms with van der Waals surface area (Å²) in [5.74, 6) is -2.77. The number of carbonyl (C=O) groups excluding carboxylic acids is 3. The number of fused-ring (bicyclic) bond motifs is 1. The van der Waals surface area contributed by atoms with Crippen LogP contribution in [0.3, 0.4) is 0 Å². The maximum atomic E-state index is 14.1. The van der Waals surface area contributed by atoms with Gasteiger partial charge in [-0.05, 0) is 56.7 Å². The molecule has 2 aromatic rings. The Labute approximate surface area is 216 Å². The molecule has 196 valence electrons. The van der Waals surface area contributed by atoms with Crippen LogP contribution in [0.4, 0.5) is 5.69 Å². The Kier molecular flexibility index (Phi) is 6.81. The third-order valence-corrected chi connectivity index (χ3v) is 8.19. The topological polar surface area (TPSA) is 105 Å². The number of nitrogens with one attached hydrogen (secondary N) is 1. The zero-order valence-electron chi connectivity index (χ0n) is 21.5. The summed E-state index contributed by atoms with van der Waals surface area (Å²) in [6.07, 6.45) is 0.949. The predicted molar refractivity (Wildman–Crippen MR) is 137 cm³/mol. The molecule has 2 aromatic carbocycles. The third kappa shape index (κ3) is 4.12. The highest BCUT2D eigenvalue weighted by Gasteiger charge is 2.75. The highest BCUT2D eigenvalue weighted by atomic mass is 16.6. The van der Waals surface area contributed by atoms with Gasteiger partial charge in [0.15, 0.2) is 0 Å². The van der Waals surface area contributed by atoms with E-state index in [0.717, 1.165) is 16.7 Å². The van der Waals surface area contributed by atoms with Crippen molar-refractivity contribution in [2.45, 2.75) is 63.8 Å². The van der Waals surface area contributed by atoms with Gasteiger partial charge in [-0.3, -0.25) is 14.4 Å². The molecule has 8 heteroatoms. The first kappa shape index (κ1) is 25.4. The lowest BCUT2D eigenvalue weighted by Crippen LogP contribution is -2.56. The number of amides is 2. The van der Waals surface area contributed by atoms with Crippen LogP contribution in [0.15, 0.2) is 48.5 Å². The first-order valence-electron chi connectivity index (χ1n) is 13.0. The number of benzene rings is 2. The number of rotatable bonds is 8. The van der Waals surface area contributed by atoms with Crippen molar-refractivity contribution < 1.29 is 29.0 Å². The van der Waals surface area contributed by atoms with Crippen LogP contribution < -0.4 is 5.32 Å². The molecule has 0 radical (unpaired) electrons. The van der Waals surface area contributed by atoms with Crippen LogP contribution in [0.5, 0.6) is 0 Å². The van der Waals surface area contributed by atoms with Crippen molar-refractivity contribution in [2.24, 2.45) is 11.8 Å². The standard InChI is InChI=1S/C29H34N2O6/c1-4-36-28(35)22-21-13-14-29(37-21)23(22)27(34)31(20(16-32)15-19-11-6-5-7-12-19)25(29)26(33)30-24-17(2)9-8-10-18(24)3/h5-12,20-23,25,32H,4,13-16H2,1-3H3,(H,30,33)/t20-,21-,22+,23+,25-,29+/m1/s1. The lowest BCUT2D eigenvalue weighted by Gasteiger charge is -2.37. The summed E-state index contributed by atoms with van der Waals surface area (Å²) in [5.41, 5.74) is 2.29. The molecule has 1 spiro atoms. The average Bonchev–Trinajstić information content (AvgIpc) is 3.53. The van der Waals surface area contributed by atoms with E-state index in [4.69, 9.17) is 9.47 Å². The summed E-state index contributed by atoms with van der Waals surface area (Å²) in [6, 6.07) is 13.7. The van der Waals surface area contributed by atoms with E-state index in [9.17, 15) is 19.5 Å². The minimum absolute atomic E-state index is 0.198. The normalized spacial score (nSPS) is 28.8. The second kappa shape index (κ2) is 9.91. The van der Waals surface area contributed by atoms with E-state index < -0.39 is 41.6 Å². The second-order valence-electron chi connectivity index (χ2n) is 10.3. The summed E-state index contributed by atoms with van der Waals surface area (Å²) in [5, 5.41) is 13.5. The molecule has 37 heavy (non-hydrogen) atoms. The quantitative estimate of drug-likeness (QED) is 0.534.